The van der Waals surface area contributed by atoms with E-state index in [2.05, 4.69) is 98.9 Å². The van der Waals surface area contributed by atoms with Crippen molar-refractivity contribution < 1.29 is 38.0 Å². The van der Waals surface area contributed by atoms with Crippen molar-refractivity contribution in [2.75, 3.05) is 39.1 Å². The van der Waals surface area contributed by atoms with Crippen LogP contribution in [0.4, 0.5) is 15.8 Å². The van der Waals surface area contributed by atoms with Crippen molar-refractivity contribution in [3.63, 3.8) is 0 Å². The minimum atomic E-state index is -0.605. The van der Waals surface area contributed by atoms with Gasteiger partial charge in [-0.3, -0.25) is 9.59 Å². The average Bonchev–Trinajstić information content (AvgIpc) is 1.76. The van der Waals surface area contributed by atoms with Gasteiger partial charge in [-0.05, 0) is 243 Å². The number of anilines is 2. The molecular weight excluding hydrogens is 1300 g/mol. The molecular formula is C85H115Cl3FN3O7. The molecule has 540 valence electrons. The van der Waals surface area contributed by atoms with Gasteiger partial charge in [-0.15, -0.1) is 0 Å². The minimum Gasteiger partial charge on any atom is -0.496 e. The van der Waals surface area contributed by atoms with Gasteiger partial charge in [-0.2, -0.15) is 5.26 Å². The normalized spacial score (nSPS) is 17.7. The van der Waals surface area contributed by atoms with Gasteiger partial charge in [-0.25, -0.2) is 4.39 Å². The number of methoxy groups -OCH3 is 4. The molecule has 6 saturated carbocycles. The molecule has 0 radical (unpaired) electrons. The van der Waals surface area contributed by atoms with Crippen molar-refractivity contribution in [3.8, 4) is 29.1 Å². The summed E-state index contributed by atoms with van der Waals surface area (Å²) in [7, 11) is 6.46. The van der Waals surface area contributed by atoms with Crippen molar-refractivity contribution in [3.05, 3.63) is 174 Å². The van der Waals surface area contributed by atoms with E-state index < -0.39 is 5.41 Å². The maximum absolute atomic E-state index is 14.3. The minimum absolute atomic E-state index is 0.0474. The van der Waals surface area contributed by atoms with E-state index in [1.54, 1.807) is 51.7 Å². The maximum Gasteiger partial charge on any atom is 0.255 e. The van der Waals surface area contributed by atoms with Gasteiger partial charge in [0.05, 0.1) is 50.5 Å². The molecule has 12 rings (SSSR count). The van der Waals surface area contributed by atoms with Crippen molar-refractivity contribution in [2.45, 2.75) is 247 Å². The summed E-state index contributed by atoms with van der Waals surface area (Å²) in [5, 5.41) is 27.2. The first kappa shape index (κ1) is 81.7. The molecule has 6 aliphatic rings. The van der Waals surface area contributed by atoms with Crippen LogP contribution in [0.2, 0.25) is 15.1 Å². The van der Waals surface area contributed by atoms with Crippen molar-refractivity contribution >= 4 is 58.0 Å². The molecule has 6 aromatic carbocycles. The summed E-state index contributed by atoms with van der Waals surface area (Å²) in [6.07, 6.45) is 14.7. The summed E-state index contributed by atoms with van der Waals surface area (Å²) >= 11 is 18.8. The molecule has 6 aliphatic carbocycles. The third-order valence-electron chi connectivity index (χ3n) is 20.5. The number of nitrogens with zero attached hydrogens (tertiary/aromatic N) is 1. The Hall–Kier alpha value is -6.29. The van der Waals surface area contributed by atoms with Gasteiger partial charge in [0, 0.05) is 61.4 Å². The predicted octanol–water partition coefficient (Wildman–Crippen LogP) is 24.5. The highest BCUT2D eigenvalue weighted by molar-refractivity contribution is 6.33. The highest BCUT2D eigenvalue weighted by Crippen LogP contribution is 2.56. The number of carbonyl (C=O) groups excluding carboxylic acids is 2. The predicted molar refractivity (Wildman–Crippen MR) is 411 cm³/mol. The lowest BCUT2D eigenvalue weighted by Gasteiger charge is -2.53. The molecule has 0 spiro atoms. The smallest absolute Gasteiger partial charge is 0.255 e. The van der Waals surface area contributed by atoms with Crippen LogP contribution in [0, 0.1) is 40.3 Å². The number of hydrogen-bond donors (Lipinski definition) is 3. The highest BCUT2D eigenvalue weighted by atomic mass is 35.5. The number of hydrogen-bond acceptors (Lipinski definition) is 8. The lowest BCUT2D eigenvalue weighted by Crippen LogP contribution is -2.47. The van der Waals surface area contributed by atoms with Gasteiger partial charge in [0.2, 0.25) is 0 Å². The number of carbonyl (C=O) groups is 2. The first-order valence-corrected chi connectivity index (χ1v) is 37.1. The third-order valence-corrected chi connectivity index (χ3v) is 21.5. The molecule has 0 aliphatic heterocycles. The van der Waals surface area contributed by atoms with Crippen LogP contribution >= 0.6 is 34.8 Å². The molecule has 2 bridgehead atoms. The van der Waals surface area contributed by atoms with Crippen LogP contribution in [0.15, 0.2) is 97.1 Å². The lowest BCUT2D eigenvalue weighted by molar-refractivity contribution is -0.107. The van der Waals surface area contributed by atoms with E-state index in [4.69, 9.17) is 53.8 Å². The fourth-order valence-electron chi connectivity index (χ4n) is 13.2. The Morgan fingerprint density at radius 2 is 0.939 bits per heavy atom. The van der Waals surface area contributed by atoms with Gasteiger partial charge >= 0.3 is 0 Å². The highest BCUT2D eigenvalue weighted by Gasteiger charge is 2.49. The van der Waals surface area contributed by atoms with Crippen molar-refractivity contribution in [1.82, 2.24) is 0 Å². The van der Waals surface area contributed by atoms with E-state index >= 15 is 0 Å². The molecule has 3 N–H and O–H groups in total. The van der Waals surface area contributed by atoms with Crippen LogP contribution < -0.4 is 29.6 Å². The van der Waals surface area contributed by atoms with Crippen molar-refractivity contribution in [1.29, 1.82) is 5.26 Å². The van der Waals surface area contributed by atoms with Crippen LogP contribution in [0.5, 0.6) is 23.0 Å². The second-order valence-electron chi connectivity index (χ2n) is 31.4. The fourth-order valence-corrected chi connectivity index (χ4v) is 14.4. The zero-order chi connectivity index (χ0) is 73.6. The number of rotatable bonds is 17. The molecule has 6 fully saturated rings. The quantitative estimate of drug-likeness (QED) is 0.0821. The molecule has 99 heavy (non-hydrogen) atoms. The Balaban J connectivity index is 0.000000193. The molecule has 0 aromatic heterocycles. The Morgan fingerprint density at radius 3 is 1.28 bits per heavy atom. The summed E-state index contributed by atoms with van der Waals surface area (Å²) in [5.41, 5.74) is 10.7. The third kappa shape index (κ3) is 22.1. The molecule has 0 unspecified atom stereocenters. The second kappa shape index (κ2) is 35.5. The molecule has 0 saturated heterocycles. The first-order chi connectivity index (χ1) is 46.5. The Bertz CT molecular complexity index is 3630. The standard InChI is InChI=1S/C20H21ClN2O.C20H24ClNO.C14H19ClO2.C14H19FO2.C11H20O.C6H12/c1-13(2)17-10-14(8-9-18(17)21)19(24)23-16-7-5-6-15(11-16)20(3,4)12-22;1-13(2)17-11-14(9-10-18(17)21)19(23)22-16-8-6-7-15(12-16)20(3,4)5;2*1-8(2)12-13(9-5-6-9)10(16-3)7-11(17-4)14(12)15;1-9(2)10-3-6-11(12,7-4-10)8-5-10;1-5(2)6-3-4-6/h5-11,13H,1-4H3,(H,23,24);6-13H,1-5H3,(H,22,23);2*7-9H,5-6H2,1-4H3;9,12H,3-8H2,1-2H3;5-6H,3-4H2,1-2H3. The van der Waals surface area contributed by atoms with E-state index in [9.17, 15) is 24.3 Å². The van der Waals surface area contributed by atoms with Gasteiger partial charge in [0.1, 0.15) is 17.2 Å². The molecule has 6 aromatic rings. The van der Waals surface area contributed by atoms with E-state index in [1.807, 2.05) is 102 Å². The second-order valence-corrected chi connectivity index (χ2v) is 32.6. The number of fused-ring (bicyclic) bond motifs is 3. The number of halogens is 4. The fraction of sp³-hybridized carbons (Fsp3) is 0.541. The summed E-state index contributed by atoms with van der Waals surface area (Å²) in [5.74, 6) is 7.09. The Labute approximate surface area is 609 Å². The van der Waals surface area contributed by atoms with Gasteiger partial charge in [0.25, 0.3) is 11.8 Å². The van der Waals surface area contributed by atoms with E-state index in [-0.39, 0.29) is 52.2 Å². The van der Waals surface area contributed by atoms with Crippen LogP contribution in [0.1, 0.15) is 295 Å². The van der Waals surface area contributed by atoms with E-state index in [1.165, 1.54) is 68.7 Å². The lowest BCUT2D eigenvalue weighted by atomic mass is 9.55. The van der Waals surface area contributed by atoms with Crippen molar-refractivity contribution in [2.24, 2.45) is 23.2 Å². The summed E-state index contributed by atoms with van der Waals surface area (Å²) < 4.78 is 35.6. The van der Waals surface area contributed by atoms with E-state index in [0.717, 1.165) is 99.9 Å². The number of ether oxygens (including phenoxy) is 4. The van der Waals surface area contributed by atoms with Gasteiger partial charge < -0.3 is 34.7 Å². The molecule has 10 nitrogen and oxygen atoms in total. The molecule has 2 amide bonds. The molecule has 0 heterocycles. The molecule has 0 atom stereocenters. The van der Waals surface area contributed by atoms with Gasteiger partial charge in [-0.1, -0.05) is 163 Å². The number of benzene rings is 6. The summed E-state index contributed by atoms with van der Waals surface area (Å²) in [6, 6.07) is 31.9. The summed E-state index contributed by atoms with van der Waals surface area (Å²) in [4.78, 5) is 25.0. The zero-order valence-electron chi connectivity index (χ0n) is 63.3. The van der Waals surface area contributed by atoms with Crippen LogP contribution in [0.3, 0.4) is 0 Å². The van der Waals surface area contributed by atoms with E-state index in [0.29, 0.717) is 55.8 Å². The zero-order valence-corrected chi connectivity index (χ0v) is 65.5. The number of amides is 2. The SMILES string of the molecule is CC(C)C12CCC(O)(CC1)CC2.CC(C)C1CC1.CC(C)c1cc(C(=O)Nc2cccc(C(C)(C)C#N)c2)ccc1Cl.CC(C)c1cc(C(=O)Nc2cccc(C(C)(C)C)c2)ccc1Cl.COc1cc(OC)c(C2CC2)c(C(C)C)c1Cl.COc1cc(OC)c(C2CC2)c(C(C)C)c1F. The van der Waals surface area contributed by atoms with Crippen LogP contribution in [-0.2, 0) is 10.8 Å². The molecule has 14 heteroatoms. The van der Waals surface area contributed by atoms with Crippen LogP contribution in [0.25, 0.3) is 0 Å². The topological polar surface area (TPSA) is 139 Å². The number of nitriles is 1. The number of aliphatic hydroxyl groups is 1. The Kier molecular flexibility index (Phi) is 29.3. The summed E-state index contributed by atoms with van der Waals surface area (Å²) in [6.45, 7) is 36.0. The van der Waals surface area contributed by atoms with Crippen LogP contribution in [-0.4, -0.2) is 51.0 Å². The average molecular weight is 1420 g/mol. The monoisotopic (exact) mass is 1410 g/mol. The van der Waals surface area contributed by atoms with Gasteiger partial charge in [0.15, 0.2) is 11.6 Å². The Morgan fingerprint density at radius 1 is 0.535 bits per heavy atom. The number of nitrogens with one attached hydrogen (secondary N) is 2. The largest absolute Gasteiger partial charge is 0.496 e. The maximum atomic E-state index is 14.3. The first-order valence-electron chi connectivity index (χ1n) is 35.9.